The van der Waals surface area contributed by atoms with E-state index in [4.69, 9.17) is 0 Å². The van der Waals surface area contributed by atoms with Crippen LogP contribution in [0, 0.1) is 0 Å². The summed E-state index contributed by atoms with van der Waals surface area (Å²) in [5, 5.41) is 0.952. The van der Waals surface area contributed by atoms with E-state index in [1.54, 1.807) is 0 Å². The minimum absolute atomic E-state index is 0.952. The second-order valence-corrected chi connectivity index (χ2v) is 4.65. The molecule has 0 bridgehead atoms. The normalized spacial score (nSPS) is 9.07. The topological polar surface area (TPSA) is 0 Å². The predicted octanol–water partition coefficient (Wildman–Crippen LogP) is 5.19. The van der Waals surface area contributed by atoms with Crippen molar-refractivity contribution in [3.63, 3.8) is 0 Å². The summed E-state index contributed by atoms with van der Waals surface area (Å²) in [6, 6.07) is 10.3. The Kier molecular flexibility index (Phi) is 11.9. The summed E-state index contributed by atoms with van der Waals surface area (Å²) >= 11 is 5.77. The number of benzene rings is 1. The first kappa shape index (κ1) is 14.4. The van der Waals surface area contributed by atoms with E-state index < -0.39 is 0 Å². The van der Waals surface area contributed by atoms with Crippen molar-refractivity contribution in [2.24, 2.45) is 0 Å². The Morgan fingerprint density at radius 3 is 2.07 bits per heavy atom. The molecule has 0 spiro atoms. The average Bonchev–Trinajstić information content (AvgIpc) is 2.28. The molecule has 0 radical (unpaired) electrons. The van der Waals surface area contributed by atoms with Gasteiger partial charge in [-0.05, 0) is 16.4 Å². The van der Waals surface area contributed by atoms with Crippen LogP contribution in [0.25, 0.3) is 0 Å². The molecular formula is C12H18BrI. The molecule has 14 heavy (non-hydrogen) atoms. The first-order valence-corrected chi connectivity index (χ1v) is 7.65. The van der Waals surface area contributed by atoms with E-state index in [0.29, 0.717) is 0 Å². The average molecular weight is 369 g/mol. The summed E-state index contributed by atoms with van der Waals surface area (Å²) in [5.74, 6) is 0. The molecule has 0 aliphatic heterocycles. The zero-order valence-electron chi connectivity index (χ0n) is 8.68. The molecule has 1 aromatic carbocycles. The van der Waals surface area contributed by atoms with Gasteiger partial charge in [-0.25, -0.2) is 0 Å². The van der Waals surface area contributed by atoms with Crippen molar-refractivity contribution in [2.75, 3.05) is 4.43 Å². The molecule has 0 saturated heterocycles. The van der Waals surface area contributed by atoms with Crippen molar-refractivity contribution in [2.45, 2.75) is 31.5 Å². The third-order valence-electron chi connectivity index (χ3n) is 1.73. The van der Waals surface area contributed by atoms with E-state index >= 15 is 0 Å². The molecule has 0 atom stereocenters. The van der Waals surface area contributed by atoms with Gasteiger partial charge in [0.25, 0.3) is 0 Å². The van der Waals surface area contributed by atoms with Crippen LogP contribution in [0.4, 0.5) is 0 Å². The van der Waals surface area contributed by atoms with Gasteiger partial charge in [-0.2, -0.15) is 0 Å². The van der Waals surface area contributed by atoms with Gasteiger partial charge in [0.05, 0.1) is 0 Å². The van der Waals surface area contributed by atoms with Gasteiger partial charge in [0.1, 0.15) is 0 Å². The summed E-state index contributed by atoms with van der Waals surface area (Å²) in [7, 11) is 0. The van der Waals surface area contributed by atoms with E-state index in [1.165, 1.54) is 29.3 Å². The van der Waals surface area contributed by atoms with Gasteiger partial charge >= 0.3 is 0 Å². The van der Waals surface area contributed by atoms with Crippen LogP contribution in [-0.2, 0) is 5.33 Å². The van der Waals surface area contributed by atoms with Crippen molar-refractivity contribution < 1.29 is 0 Å². The molecule has 2 heteroatoms. The van der Waals surface area contributed by atoms with Gasteiger partial charge in [-0.1, -0.05) is 88.6 Å². The largest absolute Gasteiger partial charge is 0.0876 e. The molecule has 80 valence electrons. The van der Waals surface area contributed by atoms with Crippen molar-refractivity contribution in [1.82, 2.24) is 0 Å². The van der Waals surface area contributed by atoms with Crippen LogP contribution in [0.1, 0.15) is 31.7 Å². The summed E-state index contributed by atoms with van der Waals surface area (Å²) < 4.78 is 1.32. The molecule has 0 nitrogen and oxygen atoms in total. The standard InChI is InChI=1S/C7H7Br.C5H11I/c8-6-7-4-2-1-3-5-7;1-2-3-4-5-6/h1-5H,6H2;2-5H2,1H3. The monoisotopic (exact) mass is 368 g/mol. The van der Waals surface area contributed by atoms with Gasteiger partial charge in [0.15, 0.2) is 0 Å². The fourth-order valence-electron chi connectivity index (χ4n) is 0.912. The van der Waals surface area contributed by atoms with Crippen LogP contribution in [0.5, 0.6) is 0 Å². The lowest BCUT2D eigenvalue weighted by molar-refractivity contribution is 0.785. The Hall–Kier alpha value is 0.430. The second-order valence-electron chi connectivity index (χ2n) is 3.02. The van der Waals surface area contributed by atoms with Crippen LogP contribution in [0.15, 0.2) is 30.3 Å². The van der Waals surface area contributed by atoms with Crippen molar-refractivity contribution in [3.8, 4) is 0 Å². The number of alkyl halides is 2. The first-order valence-electron chi connectivity index (χ1n) is 5.01. The number of unbranched alkanes of at least 4 members (excludes halogenated alkanes) is 2. The smallest absolute Gasteiger partial charge is 0.0283 e. The molecule has 0 aliphatic rings. The molecule has 0 amide bonds. The van der Waals surface area contributed by atoms with E-state index in [2.05, 4.69) is 57.6 Å². The Bertz CT molecular complexity index is 195. The summed E-state index contributed by atoms with van der Waals surface area (Å²) in [6.45, 7) is 2.23. The van der Waals surface area contributed by atoms with Gasteiger partial charge in [0.2, 0.25) is 0 Å². The minimum atomic E-state index is 0.952. The third-order valence-corrected chi connectivity index (χ3v) is 3.14. The predicted molar refractivity (Wildman–Crippen MR) is 77.5 cm³/mol. The Balaban J connectivity index is 0.000000255. The van der Waals surface area contributed by atoms with E-state index in [9.17, 15) is 0 Å². The molecular weight excluding hydrogens is 351 g/mol. The molecule has 0 fully saturated rings. The van der Waals surface area contributed by atoms with Crippen molar-refractivity contribution in [1.29, 1.82) is 0 Å². The summed E-state index contributed by atoms with van der Waals surface area (Å²) in [6.07, 6.45) is 4.16. The van der Waals surface area contributed by atoms with Gasteiger partial charge in [-0.3, -0.25) is 0 Å². The lowest BCUT2D eigenvalue weighted by Gasteiger charge is -1.88. The van der Waals surface area contributed by atoms with Crippen LogP contribution < -0.4 is 0 Å². The SMILES string of the molecule is BrCc1ccccc1.CCCCCI. The molecule has 0 N–H and O–H groups in total. The third kappa shape index (κ3) is 9.00. The molecule has 1 rings (SSSR count). The van der Waals surface area contributed by atoms with Crippen molar-refractivity contribution >= 4 is 38.5 Å². The maximum atomic E-state index is 3.36. The lowest BCUT2D eigenvalue weighted by Crippen LogP contribution is -1.70. The van der Waals surface area contributed by atoms with Crippen molar-refractivity contribution in [3.05, 3.63) is 35.9 Å². The van der Waals surface area contributed by atoms with E-state index in [1.807, 2.05) is 18.2 Å². The Morgan fingerprint density at radius 1 is 1.14 bits per heavy atom. The number of rotatable bonds is 4. The summed E-state index contributed by atoms with van der Waals surface area (Å²) in [4.78, 5) is 0. The fraction of sp³-hybridized carbons (Fsp3) is 0.500. The quantitative estimate of drug-likeness (QED) is 0.389. The molecule has 1 aromatic rings. The number of hydrogen-bond acceptors (Lipinski definition) is 0. The van der Waals surface area contributed by atoms with Gasteiger partial charge < -0.3 is 0 Å². The highest BCUT2D eigenvalue weighted by molar-refractivity contribution is 14.1. The molecule has 0 aromatic heterocycles. The second kappa shape index (κ2) is 11.5. The first-order chi connectivity index (χ1) is 6.85. The Morgan fingerprint density at radius 2 is 1.79 bits per heavy atom. The van der Waals surface area contributed by atoms with Gasteiger partial charge in [-0.15, -0.1) is 0 Å². The van der Waals surface area contributed by atoms with Crippen LogP contribution in [-0.4, -0.2) is 4.43 Å². The Labute approximate surface area is 110 Å². The molecule has 0 aliphatic carbocycles. The van der Waals surface area contributed by atoms with Gasteiger partial charge in [0, 0.05) is 5.33 Å². The maximum absolute atomic E-state index is 3.36. The van der Waals surface area contributed by atoms with E-state index in [-0.39, 0.29) is 0 Å². The zero-order valence-corrected chi connectivity index (χ0v) is 12.4. The fourth-order valence-corrected chi connectivity index (χ4v) is 1.82. The lowest BCUT2D eigenvalue weighted by atomic mass is 10.2. The highest BCUT2D eigenvalue weighted by Crippen LogP contribution is 2.02. The van der Waals surface area contributed by atoms with Crippen LogP contribution in [0.2, 0.25) is 0 Å². The molecule has 0 saturated carbocycles. The maximum Gasteiger partial charge on any atom is 0.0283 e. The van der Waals surface area contributed by atoms with Crippen LogP contribution >= 0.6 is 38.5 Å². The molecule has 0 unspecified atom stereocenters. The van der Waals surface area contributed by atoms with E-state index in [0.717, 1.165) is 5.33 Å². The molecule has 0 heterocycles. The number of halogens is 2. The highest BCUT2D eigenvalue weighted by Gasteiger charge is 1.81. The van der Waals surface area contributed by atoms with Crippen LogP contribution in [0.3, 0.4) is 0 Å². The highest BCUT2D eigenvalue weighted by atomic mass is 127. The minimum Gasteiger partial charge on any atom is -0.0876 e. The summed E-state index contributed by atoms with van der Waals surface area (Å²) in [5.41, 5.74) is 1.33. The zero-order chi connectivity index (χ0) is 10.6. The number of hydrogen-bond donors (Lipinski definition) is 0.